The Morgan fingerprint density at radius 3 is 2.70 bits per heavy atom. The fourth-order valence-electron chi connectivity index (χ4n) is 2.46. The third kappa shape index (κ3) is 3.41. The summed E-state index contributed by atoms with van der Waals surface area (Å²) in [6.45, 7) is 6.50. The average molecular weight is 289 g/mol. The van der Waals surface area contributed by atoms with Crippen LogP contribution in [0.2, 0.25) is 0 Å². The zero-order valence-corrected chi connectivity index (χ0v) is 13.5. The molecule has 0 fully saturated rings. The van der Waals surface area contributed by atoms with Crippen LogP contribution >= 0.6 is 11.3 Å². The lowest BCUT2D eigenvalue weighted by Gasteiger charge is -2.23. The molecule has 1 N–H and O–H groups in total. The number of methoxy groups -OCH3 is 1. The summed E-state index contributed by atoms with van der Waals surface area (Å²) in [4.78, 5) is 1.39. The van der Waals surface area contributed by atoms with E-state index in [9.17, 15) is 0 Å². The zero-order chi connectivity index (χ0) is 14.5. The highest BCUT2D eigenvalue weighted by atomic mass is 32.1. The molecule has 2 unspecified atom stereocenters. The van der Waals surface area contributed by atoms with Crippen LogP contribution < -0.4 is 10.1 Å². The van der Waals surface area contributed by atoms with E-state index < -0.39 is 0 Å². The molecule has 3 heteroatoms. The molecule has 0 saturated heterocycles. The van der Waals surface area contributed by atoms with Gasteiger partial charge in [0.15, 0.2) is 0 Å². The number of hydrogen-bond acceptors (Lipinski definition) is 3. The first-order chi connectivity index (χ1) is 9.65. The lowest BCUT2D eigenvalue weighted by atomic mass is 10.0. The van der Waals surface area contributed by atoms with Crippen LogP contribution in [0, 0.1) is 6.92 Å². The van der Waals surface area contributed by atoms with Gasteiger partial charge in [0.05, 0.1) is 7.11 Å². The van der Waals surface area contributed by atoms with Gasteiger partial charge in [-0.2, -0.15) is 0 Å². The summed E-state index contributed by atoms with van der Waals surface area (Å²) in [7, 11) is 1.74. The monoisotopic (exact) mass is 289 g/mol. The molecule has 2 rings (SSSR count). The Labute approximate surface area is 125 Å². The van der Waals surface area contributed by atoms with Crippen LogP contribution in [0.25, 0.3) is 0 Å². The minimum absolute atomic E-state index is 0.262. The van der Waals surface area contributed by atoms with Crippen molar-refractivity contribution in [3.05, 3.63) is 51.7 Å². The summed E-state index contributed by atoms with van der Waals surface area (Å²) < 4.78 is 5.52. The third-order valence-electron chi connectivity index (χ3n) is 3.60. The van der Waals surface area contributed by atoms with Crippen LogP contribution in [-0.2, 0) is 0 Å². The second-order valence-corrected chi connectivity index (χ2v) is 6.09. The largest absolute Gasteiger partial charge is 0.496 e. The van der Waals surface area contributed by atoms with Gasteiger partial charge in [-0.3, -0.25) is 0 Å². The van der Waals surface area contributed by atoms with Crippen molar-refractivity contribution < 1.29 is 4.74 Å². The second-order valence-electron chi connectivity index (χ2n) is 5.11. The second kappa shape index (κ2) is 6.91. The molecule has 2 nitrogen and oxygen atoms in total. The highest BCUT2D eigenvalue weighted by Crippen LogP contribution is 2.30. The quantitative estimate of drug-likeness (QED) is 0.819. The maximum absolute atomic E-state index is 5.52. The number of aryl methyl sites for hydroxylation is 1. The number of benzene rings is 1. The molecule has 1 aromatic carbocycles. The smallest absolute Gasteiger partial charge is 0.123 e. The molecule has 2 aromatic rings. The highest BCUT2D eigenvalue weighted by Gasteiger charge is 2.17. The molecule has 0 aliphatic heterocycles. The lowest BCUT2D eigenvalue weighted by Crippen LogP contribution is -2.24. The van der Waals surface area contributed by atoms with Gasteiger partial charge in [0, 0.05) is 22.5 Å². The normalized spacial score (nSPS) is 14.0. The van der Waals surface area contributed by atoms with E-state index in [-0.39, 0.29) is 6.04 Å². The number of hydrogen-bond donors (Lipinski definition) is 1. The third-order valence-corrected chi connectivity index (χ3v) is 4.59. The zero-order valence-electron chi connectivity index (χ0n) is 12.6. The van der Waals surface area contributed by atoms with Gasteiger partial charge < -0.3 is 10.1 Å². The lowest BCUT2D eigenvalue weighted by molar-refractivity contribution is 0.392. The predicted molar refractivity (Wildman–Crippen MR) is 86.6 cm³/mol. The van der Waals surface area contributed by atoms with Crippen molar-refractivity contribution in [3.8, 4) is 5.75 Å². The molecule has 0 aliphatic carbocycles. The van der Waals surface area contributed by atoms with Gasteiger partial charge in [0.2, 0.25) is 0 Å². The molecular weight excluding hydrogens is 266 g/mol. The van der Waals surface area contributed by atoms with Gasteiger partial charge in [-0.15, -0.1) is 11.3 Å². The summed E-state index contributed by atoms with van der Waals surface area (Å²) in [5.74, 6) is 0.964. The summed E-state index contributed by atoms with van der Waals surface area (Å²) >= 11 is 1.81. The molecule has 2 atom stereocenters. The Morgan fingerprint density at radius 1 is 1.30 bits per heavy atom. The molecule has 20 heavy (non-hydrogen) atoms. The van der Waals surface area contributed by atoms with Crippen LogP contribution in [0.1, 0.15) is 48.4 Å². The van der Waals surface area contributed by atoms with E-state index >= 15 is 0 Å². The fourth-order valence-corrected chi connectivity index (χ4v) is 3.33. The topological polar surface area (TPSA) is 21.3 Å². The van der Waals surface area contributed by atoms with E-state index in [1.54, 1.807) is 7.11 Å². The summed E-state index contributed by atoms with van der Waals surface area (Å²) in [5, 5.41) is 5.85. The van der Waals surface area contributed by atoms with E-state index in [1.807, 2.05) is 11.3 Å². The molecule has 0 saturated carbocycles. The number of rotatable bonds is 6. The number of thiophene rings is 1. The fraction of sp³-hybridized carbons (Fsp3) is 0.412. The van der Waals surface area contributed by atoms with Crippen LogP contribution in [-0.4, -0.2) is 7.11 Å². The first kappa shape index (κ1) is 15.1. The molecule has 0 bridgehead atoms. The molecule has 0 amide bonds. The van der Waals surface area contributed by atoms with Crippen LogP contribution in [0.15, 0.2) is 35.7 Å². The van der Waals surface area contributed by atoms with E-state index in [4.69, 9.17) is 4.74 Å². The van der Waals surface area contributed by atoms with Crippen molar-refractivity contribution in [2.45, 2.75) is 39.3 Å². The van der Waals surface area contributed by atoms with Crippen LogP contribution in [0.4, 0.5) is 0 Å². The molecular formula is C17H23NOS. The summed E-state index contributed by atoms with van der Waals surface area (Å²) in [6.07, 6.45) is 1.08. The van der Waals surface area contributed by atoms with Gasteiger partial charge >= 0.3 is 0 Å². The van der Waals surface area contributed by atoms with Gasteiger partial charge in [-0.05, 0) is 43.3 Å². The number of nitrogens with one attached hydrogen (secondary N) is 1. The highest BCUT2D eigenvalue weighted by molar-refractivity contribution is 7.10. The van der Waals surface area contributed by atoms with Crippen molar-refractivity contribution in [2.75, 3.05) is 7.11 Å². The van der Waals surface area contributed by atoms with Crippen molar-refractivity contribution in [1.82, 2.24) is 5.32 Å². The van der Waals surface area contributed by atoms with Gasteiger partial charge in [0.25, 0.3) is 0 Å². The van der Waals surface area contributed by atoms with E-state index in [0.717, 1.165) is 12.2 Å². The Morgan fingerprint density at radius 2 is 2.10 bits per heavy atom. The van der Waals surface area contributed by atoms with Crippen molar-refractivity contribution in [2.24, 2.45) is 0 Å². The van der Waals surface area contributed by atoms with E-state index in [0.29, 0.717) is 6.04 Å². The van der Waals surface area contributed by atoms with Gasteiger partial charge in [-0.25, -0.2) is 0 Å². The number of ether oxygens (including phenoxy) is 1. The molecule has 1 aromatic heterocycles. The van der Waals surface area contributed by atoms with Gasteiger partial charge in [0.1, 0.15) is 5.75 Å². The first-order valence-corrected chi connectivity index (χ1v) is 7.97. The molecule has 108 valence electrons. The standard InChI is InChI=1S/C17H23NOS/c1-5-15(17-7-6-10-20-17)18-13(3)14-9-8-12(2)11-16(14)19-4/h6-11,13,15,18H,5H2,1-4H3. The van der Waals surface area contributed by atoms with Crippen molar-refractivity contribution in [3.63, 3.8) is 0 Å². The molecule has 0 aliphatic rings. The summed E-state index contributed by atoms with van der Waals surface area (Å²) in [6, 6.07) is 11.4. The Kier molecular flexibility index (Phi) is 5.21. The SMILES string of the molecule is CCC(NC(C)c1ccc(C)cc1OC)c1cccs1. The van der Waals surface area contributed by atoms with Crippen LogP contribution in [0.3, 0.4) is 0 Å². The van der Waals surface area contributed by atoms with Crippen molar-refractivity contribution >= 4 is 11.3 Å². The molecule has 1 heterocycles. The first-order valence-electron chi connectivity index (χ1n) is 7.09. The maximum Gasteiger partial charge on any atom is 0.123 e. The van der Waals surface area contributed by atoms with E-state index in [1.165, 1.54) is 16.0 Å². The average Bonchev–Trinajstić information content (AvgIpc) is 2.98. The van der Waals surface area contributed by atoms with Crippen molar-refractivity contribution in [1.29, 1.82) is 0 Å². The Balaban J connectivity index is 2.17. The minimum atomic E-state index is 0.262. The molecule has 0 radical (unpaired) electrons. The Hall–Kier alpha value is -1.32. The van der Waals surface area contributed by atoms with Gasteiger partial charge in [-0.1, -0.05) is 25.1 Å². The van der Waals surface area contributed by atoms with E-state index in [2.05, 4.69) is 61.8 Å². The Bertz CT molecular complexity index is 536. The maximum atomic E-state index is 5.52. The molecule has 0 spiro atoms. The van der Waals surface area contributed by atoms with Crippen LogP contribution in [0.5, 0.6) is 5.75 Å². The summed E-state index contributed by atoms with van der Waals surface area (Å²) in [5.41, 5.74) is 2.44. The predicted octanol–water partition coefficient (Wildman–Crippen LogP) is 4.87. The minimum Gasteiger partial charge on any atom is -0.496 e.